The highest BCUT2D eigenvalue weighted by molar-refractivity contribution is 7.13. The quantitative estimate of drug-likeness (QED) is 0.863. The molecule has 3 rings (SSSR count). The van der Waals surface area contributed by atoms with E-state index in [2.05, 4.69) is 4.98 Å². The first-order valence-corrected chi connectivity index (χ1v) is 9.85. The van der Waals surface area contributed by atoms with E-state index in [1.165, 1.54) is 11.3 Å². The monoisotopic (exact) mass is 366 g/mol. The van der Waals surface area contributed by atoms with Crippen LogP contribution in [0.2, 0.25) is 0 Å². The molecule has 0 unspecified atom stereocenters. The number of nitrogens with zero attached hydrogens (tertiary/aromatic N) is 3. The molecule has 138 valence electrons. The highest BCUT2D eigenvalue weighted by atomic mass is 32.1. The summed E-state index contributed by atoms with van der Waals surface area (Å²) in [7, 11) is 0. The Bertz CT molecular complexity index is 600. The summed E-state index contributed by atoms with van der Waals surface area (Å²) in [5.74, 6) is 0.452. The zero-order chi connectivity index (χ0) is 17.6. The molecule has 2 aliphatic heterocycles. The Kier molecular flexibility index (Phi) is 6.25. The minimum atomic E-state index is 0.0890. The molecule has 2 amide bonds. The number of aromatic nitrogens is 1. The average molecular weight is 366 g/mol. The van der Waals surface area contributed by atoms with E-state index in [1.807, 2.05) is 15.2 Å². The van der Waals surface area contributed by atoms with Gasteiger partial charge in [0.1, 0.15) is 0 Å². The van der Waals surface area contributed by atoms with E-state index in [4.69, 9.17) is 10.5 Å². The second kappa shape index (κ2) is 8.62. The molecule has 1 aromatic rings. The molecule has 8 heteroatoms. The lowest BCUT2D eigenvalue weighted by Crippen LogP contribution is -2.41. The molecule has 0 atom stereocenters. The van der Waals surface area contributed by atoms with Gasteiger partial charge in [0.05, 0.1) is 5.69 Å². The number of hydrogen-bond donors (Lipinski definition) is 1. The van der Waals surface area contributed by atoms with Crippen LogP contribution < -0.4 is 5.73 Å². The van der Waals surface area contributed by atoms with Gasteiger partial charge in [-0.1, -0.05) is 0 Å². The summed E-state index contributed by atoms with van der Waals surface area (Å²) in [5.41, 5.74) is 6.50. The van der Waals surface area contributed by atoms with Crippen molar-refractivity contribution < 1.29 is 14.3 Å². The smallest absolute Gasteiger partial charge is 0.225 e. The van der Waals surface area contributed by atoms with E-state index in [0.29, 0.717) is 44.3 Å². The molecule has 7 nitrogen and oxygen atoms in total. The molecule has 2 fully saturated rings. The van der Waals surface area contributed by atoms with Crippen molar-refractivity contribution in [1.82, 2.24) is 14.8 Å². The predicted molar refractivity (Wildman–Crippen MR) is 96.2 cm³/mol. The van der Waals surface area contributed by atoms with E-state index >= 15 is 0 Å². The van der Waals surface area contributed by atoms with Crippen LogP contribution in [0.5, 0.6) is 0 Å². The number of anilines is 1. The van der Waals surface area contributed by atoms with E-state index in [9.17, 15) is 9.59 Å². The highest BCUT2D eigenvalue weighted by Gasteiger charge is 2.28. The summed E-state index contributed by atoms with van der Waals surface area (Å²) in [6, 6.07) is 0. The maximum absolute atomic E-state index is 12.6. The highest BCUT2D eigenvalue weighted by Crippen LogP contribution is 2.19. The number of aryl methyl sites for hydroxylation is 1. The molecule has 2 saturated heterocycles. The third-order valence-electron chi connectivity index (χ3n) is 4.90. The largest absolute Gasteiger partial charge is 0.381 e. The first-order chi connectivity index (χ1) is 12.1. The molecule has 1 aromatic heterocycles. The van der Waals surface area contributed by atoms with Crippen molar-refractivity contribution in [3.05, 3.63) is 11.1 Å². The van der Waals surface area contributed by atoms with Crippen molar-refractivity contribution in [3.63, 3.8) is 0 Å². The van der Waals surface area contributed by atoms with E-state index in [-0.39, 0.29) is 17.7 Å². The zero-order valence-electron chi connectivity index (χ0n) is 14.5. The maximum Gasteiger partial charge on any atom is 0.225 e. The number of thiazole rings is 1. The Balaban J connectivity index is 1.47. The van der Waals surface area contributed by atoms with Gasteiger partial charge in [-0.2, -0.15) is 0 Å². The van der Waals surface area contributed by atoms with Gasteiger partial charge in [-0.15, -0.1) is 11.3 Å². The zero-order valence-corrected chi connectivity index (χ0v) is 15.3. The molecule has 2 aliphatic rings. The van der Waals surface area contributed by atoms with Crippen molar-refractivity contribution in [3.8, 4) is 0 Å². The molecule has 0 spiro atoms. The topological polar surface area (TPSA) is 88.8 Å². The number of ether oxygens (including phenoxy) is 1. The van der Waals surface area contributed by atoms with Crippen LogP contribution in [0, 0.1) is 5.92 Å². The van der Waals surface area contributed by atoms with E-state index < -0.39 is 0 Å². The Morgan fingerprint density at radius 2 is 1.92 bits per heavy atom. The van der Waals surface area contributed by atoms with Crippen LogP contribution in [-0.2, 0) is 20.7 Å². The lowest BCUT2D eigenvalue weighted by molar-refractivity contribution is -0.139. The summed E-state index contributed by atoms with van der Waals surface area (Å²) >= 11 is 1.40. The maximum atomic E-state index is 12.6. The summed E-state index contributed by atoms with van der Waals surface area (Å²) < 4.78 is 5.34. The summed E-state index contributed by atoms with van der Waals surface area (Å²) in [5, 5.41) is 2.44. The van der Waals surface area contributed by atoms with E-state index in [1.54, 1.807) is 0 Å². The number of carbonyl (C=O) groups excluding carboxylic acids is 2. The van der Waals surface area contributed by atoms with Crippen molar-refractivity contribution >= 4 is 28.3 Å². The van der Waals surface area contributed by atoms with Crippen LogP contribution in [0.15, 0.2) is 5.38 Å². The van der Waals surface area contributed by atoms with Gasteiger partial charge in [-0.05, 0) is 25.7 Å². The molecule has 0 radical (unpaired) electrons. The third-order valence-corrected chi connectivity index (χ3v) is 5.62. The van der Waals surface area contributed by atoms with Crippen molar-refractivity contribution in [2.75, 3.05) is 45.1 Å². The molecule has 0 saturated carbocycles. The molecule has 2 N–H and O–H groups in total. The first kappa shape index (κ1) is 18.1. The lowest BCUT2D eigenvalue weighted by atomic mass is 9.98. The normalized spacial score (nSPS) is 19.7. The van der Waals surface area contributed by atoms with Gasteiger partial charge in [0.2, 0.25) is 11.8 Å². The SMILES string of the molecule is Nc1nc(CCC(=O)N2CCCN(C(=O)C3CCOCC3)CC2)cs1. The second-order valence-electron chi connectivity index (χ2n) is 6.62. The van der Waals surface area contributed by atoms with E-state index in [0.717, 1.165) is 38.0 Å². The van der Waals surface area contributed by atoms with Crippen molar-refractivity contribution in [2.45, 2.75) is 32.1 Å². The second-order valence-corrected chi connectivity index (χ2v) is 7.51. The minimum Gasteiger partial charge on any atom is -0.381 e. The number of nitrogens with two attached hydrogens (primary N) is 1. The summed E-state index contributed by atoms with van der Waals surface area (Å²) in [6.45, 7) is 4.06. The third kappa shape index (κ3) is 4.92. The van der Waals surface area contributed by atoms with Gasteiger partial charge in [0, 0.05) is 57.1 Å². The van der Waals surface area contributed by atoms with Gasteiger partial charge in [-0.3, -0.25) is 9.59 Å². The predicted octanol–water partition coefficient (Wildman–Crippen LogP) is 1.15. The Hall–Kier alpha value is -1.67. The summed E-state index contributed by atoms with van der Waals surface area (Å²) in [6.07, 6.45) is 3.53. The molecule has 0 bridgehead atoms. The van der Waals surface area contributed by atoms with Gasteiger partial charge >= 0.3 is 0 Å². The number of carbonyl (C=O) groups is 2. The molecular weight excluding hydrogens is 340 g/mol. The number of amides is 2. The molecule has 0 aliphatic carbocycles. The van der Waals surface area contributed by atoms with Gasteiger partial charge in [0.15, 0.2) is 5.13 Å². The van der Waals surface area contributed by atoms with Crippen LogP contribution in [-0.4, -0.2) is 66.0 Å². The van der Waals surface area contributed by atoms with Crippen LogP contribution >= 0.6 is 11.3 Å². The molecule has 3 heterocycles. The Labute approximate surface area is 152 Å². The fourth-order valence-corrected chi connectivity index (χ4v) is 4.02. The van der Waals surface area contributed by atoms with Crippen molar-refractivity contribution in [1.29, 1.82) is 0 Å². The van der Waals surface area contributed by atoms with Crippen LogP contribution in [0.1, 0.15) is 31.4 Å². The van der Waals surface area contributed by atoms with Gasteiger partial charge in [-0.25, -0.2) is 4.98 Å². The minimum absolute atomic E-state index is 0.0890. The van der Waals surface area contributed by atoms with Crippen LogP contribution in [0.25, 0.3) is 0 Å². The molecular formula is C17H26N4O3S. The summed E-state index contributed by atoms with van der Waals surface area (Å²) in [4.78, 5) is 33.1. The van der Waals surface area contributed by atoms with Gasteiger partial charge < -0.3 is 20.3 Å². The molecule has 25 heavy (non-hydrogen) atoms. The van der Waals surface area contributed by atoms with Crippen LogP contribution in [0.4, 0.5) is 5.13 Å². The average Bonchev–Trinajstić information content (AvgIpc) is 2.90. The van der Waals surface area contributed by atoms with Gasteiger partial charge in [0.25, 0.3) is 0 Å². The fraction of sp³-hybridized carbons (Fsp3) is 0.706. The van der Waals surface area contributed by atoms with Crippen molar-refractivity contribution in [2.24, 2.45) is 5.92 Å². The standard InChI is InChI=1S/C17H26N4O3S/c18-17-19-14(12-25-17)2-3-15(22)20-6-1-7-21(9-8-20)16(23)13-4-10-24-11-5-13/h12-13H,1-11H2,(H2,18,19). The lowest BCUT2D eigenvalue weighted by Gasteiger charge is -2.28. The number of rotatable bonds is 4. The molecule has 0 aromatic carbocycles. The van der Waals surface area contributed by atoms with Crippen LogP contribution in [0.3, 0.4) is 0 Å². The Morgan fingerprint density at radius 3 is 2.64 bits per heavy atom. The first-order valence-electron chi connectivity index (χ1n) is 8.97. The fourth-order valence-electron chi connectivity index (χ4n) is 3.42. The number of nitrogen functional groups attached to an aromatic ring is 1. The number of hydrogen-bond acceptors (Lipinski definition) is 6. The Morgan fingerprint density at radius 1 is 1.20 bits per heavy atom.